The Balaban J connectivity index is 1.42. The third-order valence-electron chi connectivity index (χ3n) is 4.08. The SMILES string of the molecule is COc1ccc(-c2nc(CC(=O)NCCNc3ccc([N+](=O)[O-])cc3)cs2)cc1. The van der Waals surface area contributed by atoms with Gasteiger partial charge in [0.1, 0.15) is 10.8 Å². The minimum absolute atomic E-state index is 0.0427. The average molecular weight is 412 g/mol. The lowest BCUT2D eigenvalue weighted by Gasteiger charge is -2.07. The molecule has 150 valence electrons. The van der Waals surface area contributed by atoms with Crippen LogP contribution in [0.15, 0.2) is 53.9 Å². The molecule has 0 aliphatic carbocycles. The summed E-state index contributed by atoms with van der Waals surface area (Å²) in [6.07, 6.45) is 0.212. The topological polar surface area (TPSA) is 106 Å². The van der Waals surface area contributed by atoms with Crippen molar-refractivity contribution in [3.8, 4) is 16.3 Å². The summed E-state index contributed by atoms with van der Waals surface area (Å²) in [4.78, 5) is 26.8. The summed E-state index contributed by atoms with van der Waals surface area (Å²) in [5.41, 5.74) is 2.51. The van der Waals surface area contributed by atoms with Crippen LogP contribution in [0.3, 0.4) is 0 Å². The number of thiazole rings is 1. The van der Waals surface area contributed by atoms with E-state index in [-0.39, 0.29) is 18.0 Å². The van der Waals surface area contributed by atoms with Gasteiger partial charge in [-0.15, -0.1) is 11.3 Å². The zero-order chi connectivity index (χ0) is 20.6. The molecule has 0 aliphatic heterocycles. The van der Waals surface area contributed by atoms with Crippen LogP contribution in [0.2, 0.25) is 0 Å². The number of methoxy groups -OCH3 is 1. The maximum atomic E-state index is 12.1. The van der Waals surface area contributed by atoms with Crippen LogP contribution in [0.1, 0.15) is 5.69 Å². The van der Waals surface area contributed by atoms with Gasteiger partial charge in [0.25, 0.3) is 5.69 Å². The molecular formula is C20H20N4O4S. The van der Waals surface area contributed by atoms with Crippen molar-refractivity contribution in [2.75, 3.05) is 25.5 Å². The molecule has 9 heteroatoms. The quantitative estimate of drug-likeness (QED) is 0.316. The summed E-state index contributed by atoms with van der Waals surface area (Å²) in [6.45, 7) is 0.947. The number of carbonyl (C=O) groups is 1. The highest BCUT2D eigenvalue weighted by Gasteiger charge is 2.09. The van der Waals surface area contributed by atoms with E-state index in [1.54, 1.807) is 19.2 Å². The molecule has 0 unspecified atom stereocenters. The Bertz CT molecular complexity index is 971. The first-order valence-corrected chi connectivity index (χ1v) is 9.77. The molecule has 1 aromatic heterocycles. The third-order valence-corrected chi connectivity index (χ3v) is 5.02. The number of rotatable bonds is 9. The number of hydrogen-bond acceptors (Lipinski definition) is 7. The Morgan fingerprint density at radius 3 is 2.52 bits per heavy atom. The number of nitrogens with zero attached hydrogens (tertiary/aromatic N) is 2. The third kappa shape index (κ3) is 5.76. The Hall–Kier alpha value is -3.46. The van der Waals surface area contributed by atoms with Crippen LogP contribution in [0.5, 0.6) is 5.75 Å². The molecule has 1 amide bonds. The van der Waals surface area contributed by atoms with Gasteiger partial charge in [-0.3, -0.25) is 14.9 Å². The number of amides is 1. The smallest absolute Gasteiger partial charge is 0.269 e. The lowest BCUT2D eigenvalue weighted by atomic mass is 10.2. The number of nitro benzene ring substituents is 1. The predicted molar refractivity (Wildman–Crippen MR) is 112 cm³/mol. The molecule has 0 saturated carbocycles. The van der Waals surface area contributed by atoms with Gasteiger partial charge in [-0.2, -0.15) is 0 Å². The van der Waals surface area contributed by atoms with Crippen LogP contribution in [0.25, 0.3) is 10.6 Å². The van der Waals surface area contributed by atoms with E-state index in [1.165, 1.54) is 23.5 Å². The normalized spacial score (nSPS) is 10.4. The number of nitro groups is 1. The van der Waals surface area contributed by atoms with Crippen molar-refractivity contribution < 1.29 is 14.5 Å². The van der Waals surface area contributed by atoms with E-state index >= 15 is 0 Å². The monoisotopic (exact) mass is 412 g/mol. The molecule has 1 heterocycles. The van der Waals surface area contributed by atoms with Crippen molar-refractivity contribution in [1.82, 2.24) is 10.3 Å². The van der Waals surface area contributed by atoms with Crippen molar-refractivity contribution in [1.29, 1.82) is 0 Å². The summed E-state index contributed by atoms with van der Waals surface area (Å²) in [5, 5.41) is 19.3. The molecule has 0 bridgehead atoms. The Morgan fingerprint density at radius 1 is 1.14 bits per heavy atom. The zero-order valence-electron chi connectivity index (χ0n) is 15.8. The molecule has 0 fully saturated rings. The molecule has 3 rings (SSSR count). The average Bonchev–Trinajstić information content (AvgIpc) is 3.20. The minimum atomic E-state index is -0.442. The summed E-state index contributed by atoms with van der Waals surface area (Å²) in [5.74, 6) is 0.675. The van der Waals surface area contributed by atoms with E-state index in [1.807, 2.05) is 29.6 Å². The first kappa shape index (κ1) is 20.3. The van der Waals surface area contributed by atoms with E-state index in [2.05, 4.69) is 15.6 Å². The fourth-order valence-corrected chi connectivity index (χ4v) is 3.42. The maximum absolute atomic E-state index is 12.1. The number of benzene rings is 2. The highest BCUT2D eigenvalue weighted by atomic mass is 32.1. The van der Waals surface area contributed by atoms with E-state index in [0.717, 1.165) is 27.7 Å². The highest BCUT2D eigenvalue weighted by molar-refractivity contribution is 7.13. The highest BCUT2D eigenvalue weighted by Crippen LogP contribution is 2.25. The molecular weight excluding hydrogens is 392 g/mol. The second-order valence-electron chi connectivity index (χ2n) is 6.13. The van der Waals surface area contributed by atoms with Crippen LogP contribution >= 0.6 is 11.3 Å². The van der Waals surface area contributed by atoms with Gasteiger partial charge in [0.15, 0.2) is 0 Å². The minimum Gasteiger partial charge on any atom is -0.497 e. The summed E-state index contributed by atoms with van der Waals surface area (Å²) < 4.78 is 5.15. The number of ether oxygens (including phenoxy) is 1. The van der Waals surface area contributed by atoms with E-state index in [4.69, 9.17) is 4.74 Å². The summed E-state index contributed by atoms with van der Waals surface area (Å²) in [7, 11) is 1.62. The second kappa shape index (κ2) is 9.65. The molecule has 2 N–H and O–H groups in total. The van der Waals surface area contributed by atoms with Crippen LogP contribution in [-0.2, 0) is 11.2 Å². The number of non-ortho nitro benzene ring substituents is 1. The maximum Gasteiger partial charge on any atom is 0.269 e. The molecule has 0 aliphatic rings. The van der Waals surface area contributed by atoms with E-state index in [0.29, 0.717) is 13.1 Å². The van der Waals surface area contributed by atoms with Crippen molar-refractivity contribution >= 4 is 28.6 Å². The van der Waals surface area contributed by atoms with Gasteiger partial charge < -0.3 is 15.4 Å². The number of nitrogens with one attached hydrogen (secondary N) is 2. The largest absolute Gasteiger partial charge is 0.497 e. The predicted octanol–water partition coefficient (Wildman–Crippen LogP) is 3.50. The Labute approximate surface area is 171 Å². The molecule has 2 aromatic carbocycles. The van der Waals surface area contributed by atoms with Crippen molar-refractivity contribution in [2.24, 2.45) is 0 Å². The molecule has 0 atom stereocenters. The molecule has 8 nitrogen and oxygen atoms in total. The Morgan fingerprint density at radius 2 is 1.86 bits per heavy atom. The van der Waals surface area contributed by atoms with Crippen LogP contribution < -0.4 is 15.4 Å². The Kier molecular flexibility index (Phi) is 6.75. The van der Waals surface area contributed by atoms with Crippen LogP contribution in [-0.4, -0.2) is 36.0 Å². The van der Waals surface area contributed by atoms with Crippen molar-refractivity contribution in [3.05, 3.63) is 69.7 Å². The first-order chi connectivity index (χ1) is 14.0. The van der Waals surface area contributed by atoms with E-state index in [9.17, 15) is 14.9 Å². The molecule has 29 heavy (non-hydrogen) atoms. The summed E-state index contributed by atoms with van der Waals surface area (Å²) in [6, 6.07) is 13.8. The fraction of sp³-hybridized carbons (Fsp3) is 0.200. The van der Waals surface area contributed by atoms with Crippen LogP contribution in [0, 0.1) is 10.1 Å². The van der Waals surface area contributed by atoms with Crippen molar-refractivity contribution in [2.45, 2.75) is 6.42 Å². The van der Waals surface area contributed by atoms with Crippen molar-refractivity contribution in [3.63, 3.8) is 0 Å². The second-order valence-corrected chi connectivity index (χ2v) is 6.99. The van der Waals surface area contributed by atoms with Gasteiger partial charge in [0.05, 0.1) is 24.1 Å². The van der Waals surface area contributed by atoms with Gasteiger partial charge in [-0.05, 0) is 36.4 Å². The number of carbonyl (C=O) groups excluding carboxylic acids is 1. The number of hydrogen-bond donors (Lipinski definition) is 2. The number of anilines is 1. The fourth-order valence-electron chi connectivity index (χ4n) is 2.59. The standard InChI is InChI=1S/C20H20N4O4S/c1-28-18-8-2-14(3-9-18)20-23-16(13-29-20)12-19(25)22-11-10-21-15-4-6-17(7-5-15)24(26)27/h2-9,13,21H,10-12H2,1H3,(H,22,25). The lowest BCUT2D eigenvalue weighted by molar-refractivity contribution is -0.384. The first-order valence-electron chi connectivity index (χ1n) is 8.89. The van der Waals surface area contributed by atoms with Gasteiger partial charge in [0, 0.05) is 41.9 Å². The zero-order valence-corrected chi connectivity index (χ0v) is 16.6. The van der Waals surface area contributed by atoms with Crippen LogP contribution in [0.4, 0.5) is 11.4 Å². The van der Waals surface area contributed by atoms with Gasteiger partial charge in [-0.1, -0.05) is 0 Å². The number of aromatic nitrogens is 1. The molecule has 0 radical (unpaired) electrons. The summed E-state index contributed by atoms with van der Waals surface area (Å²) >= 11 is 1.49. The van der Waals surface area contributed by atoms with Gasteiger partial charge in [-0.25, -0.2) is 4.98 Å². The van der Waals surface area contributed by atoms with Gasteiger partial charge >= 0.3 is 0 Å². The molecule has 0 spiro atoms. The van der Waals surface area contributed by atoms with E-state index < -0.39 is 4.92 Å². The molecule has 3 aromatic rings. The molecule has 0 saturated heterocycles. The van der Waals surface area contributed by atoms with Gasteiger partial charge in [0.2, 0.25) is 5.91 Å². The lowest BCUT2D eigenvalue weighted by Crippen LogP contribution is -2.30.